The van der Waals surface area contributed by atoms with E-state index in [1.54, 1.807) is 30.1 Å². The van der Waals surface area contributed by atoms with Crippen LogP contribution in [0.3, 0.4) is 0 Å². The minimum absolute atomic E-state index is 0.0755. The first kappa shape index (κ1) is 40.3. The maximum Gasteiger partial charge on any atom is 0.412 e. The van der Waals surface area contributed by atoms with Crippen molar-refractivity contribution in [3.63, 3.8) is 0 Å². The maximum atomic E-state index is 12.8. The molecule has 4 aliphatic rings. The lowest BCUT2D eigenvalue weighted by atomic mass is 10.3. The van der Waals surface area contributed by atoms with Gasteiger partial charge < -0.3 is 24.6 Å². The number of esters is 1. The highest BCUT2D eigenvalue weighted by molar-refractivity contribution is 6.30. The molecule has 22 heteroatoms. The third-order valence-electron chi connectivity index (χ3n) is 8.68. The summed E-state index contributed by atoms with van der Waals surface area (Å²) in [6.45, 7) is 4.18. The molecule has 0 spiro atoms. The Labute approximate surface area is 334 Å². The number of nitrogens with zero attached hydrogens (tertiary/aromatic N) is 11. The first-order valence-electron chi connectivity index (χ1n) is 17.2. The number of rotatable bonds is 4. The predicted molar refractivity (Wildman–Crippen MR) is 200 cm³/mol. The van der Waals surface area contributed by atoms with Crippen LogP contribution < -0.4 is 15.1 Å². The van der Waals surface area contributed by atoms with Crippen molar-refractivity contribution >= 4 is 70.5 Å². The van der Waals surface area contributed by atoms with Crippen LogP contribution in [-0.2, 0) is 23.9 Å². The summed E-state index contributed by atoms with van der Waals surface area (Å²) in [6.07, 6.45) is 5.56. The van der Waals surface area contributed by atoms with Gasteiger partial charge in [-0.15, -0.1) is 0 Å². The highest BCUT2D eigenvalue weighted by Crippen LogP contribution is 2.37. The van der Waals surface area contributed by atoms with Crippen molar-refractivity contribution in [3.8, 4) is 0 Å². The van der Waals surface area contributed by atoms with Gasteiger partial charge in [0.2, 0.25) is 24.3 Å². The monoisotopic (exact) mass is 820 g/mol. The average molecular weight is 822 g/mol. The van der Waals surface area contributed by atoms with E-state index in [9.17, 15) is 28.8 Å². The molecule has 0 aromatic carbocycles. The third kappa shape index (κ3) is 9.03. The second-order valence-corrected chi connectivity index (χ2v) is 13.4. The number of hydrogen-bond acceptors (Lipinski definition) is 15. The van der Waals surface area contributed by atoms with Crippen LogP contribution in [-0.4, -0.2) is 134 Å². The zero-order valence-corrected chi connectivity index (χ0v) is 32.1. The smallest absolute Gasteiger partial charge is 0.412 e. The summed E-state index contributed by atoms with van der Waals surface area (Å²) in [5.74, 6) is -0.926. The molecule has 2 atom stereocenters. The Hall–Kier alpha value is -6.38. The van der Waals surface area contributed by atoms with Crippen LogP contribution in [0.15, 0.2) is 61.4 Å². The number of fused-ring (bicyclic) bond motifs is 2. The minimum Gasteiger partial charge on any atom is -0.435 e. The van der Waals surface area contributed by atoms with Crippen molar-refractivity contribution < 1.29 is 38.2 Å². The fraction of sp³-hybridized carbons (Fsp3) is 0.314. The molecule has 2 unspecified atom stereocenters. The van der Waals surface area contributed by atoms with Gasteiger partial charge in [0.15, 0.2) is 11.4 Å². The van der Waals surface area contributed by atoms with Gasteiger partial charge in [0, 0.05) is 84.4 Å². The van der Waals surface area contributed by atoms with E-state index in [0.29, 0.717) is 35.5 Å². The summed E-state index contributed by atoms with van der Waals surface area (Å²) in [4.78, 5) is 103. The fourth-order valence-electron chi connectivity index (χ4n) is 5.70. The molecule has 57 heavy (non-hydrogen) atoms. The number of aromatic nitrogens is 6. The van der Waals surface area contributed by atoms with Crippen LogP contribution in [0, 0.1) is 0 Å². The van der Waals surface area contributed by atoms with Gasteiger partial charge in [-0.25, -0.2) is 34.5 Å². The summed E-state index contributed by atoms with van der Waals surface area (Å²) >= 11 is 11.7. The molecule has 296 valence electrons. The van der Waals surface area contributed by atoms with E-state index in [2.05, 4.69) is 35.2 Å². The van der Waals surface area contributed by atoms with Crippen molar-refractivity contribution in [1.29, 1.82) is 0 Å². The summed E-state index contributed by atoms with van der Waals surface area (Å²) in [7, 11) is 3.49. The molecule has 1 N–H and O–H groups in total. The largest absolute Gasteiger partial charge is 0.435 e. The molecule has 8 rings (SSSR count). The number of carbonyl (C=O) groups is 6. The Kier molecular flexibility index (Phi) is 12.4. The lowest BCUT2D eigenvalue weighted by Crippen LogP contribution is -2.51. The molecule has 0 bridgehead atoms. The van der Waals surface area contributed by atoms with E-state index in [4.69, 9.17) is 32.7 Å². The van der Waals surface area contributed by atoms with E-state index in [1.807, 2.05) is 7.05 Å². The first-order chi connectivity index (χ1) is 27.3. The van der Waals surface area contributed by atoms with Crippen molar-refractivity contribution in [3.05, 3.63) is 94.3 Å². The number of piperazine rings is 2. The molecule has 0 radical (unpaired) electrons. The van der Waals surface area contributed by atoms with Crippen molar-refractivity contribution in [2.45, 2.75) is 19.4 Å². The Morgan fingerprint density at radius 1 is 0.684 bits per heavy atom. The van der Waals surface area contributed by atoms with E-state index < -0.39 is 36.3 Å². The standard InChI is InChI=1S/C17H15ClN6O4.C13H9ClN4O3.C5H10N2O/c1-22-6-7-23(9-12(22)25)17(27)28-16-14-13(19-4-5-20-14)15(26)24(16)11-3-2-10(18)8-21-11;1-7(19)21-13-11-10(15-4-5-16-11)12(20)18(13)9-3-2-8(14)6-17-9;1-7-3-2-6-4-5(7)8/h2-5,8,16H,6-7,9H2,1H3;2-6,13H,1H3;6H,2-4H2,1H3. The number of carbonyl (C=O) groups excluding carboxylic acids is 6. The van der Waals surface area contributed by atoms with Gasteiger partial charge in [-0.05, 0) is 24.3 Å². The van der Waals surface area contributed by atoms with Gasteiger partial charge in [-0.2, -0.15) is 0 Å². The maximum absolute atomic E-state index is 12.8. The molecular formula is C35H34Cl2N12O8. The number of ether oxygens (including phenoxy) is 2. The van der Waals surface area contributed by atoms with Crippen molar-refractivity contribution in [2.75, 3.05) is 63.2 Å². The second kappa shape index (κ2) is 17.6. The second-order valence-electron chi connectivity index (χ2n) is 12.5. The van der Waals surface area contributed by atoms with Gasteiger partial charge in [-0.1, -0.05) is 23.2 Å². The van der Waals surface area contributed by atoms with Gasteiger partial charge in [-0.3, -0.25) is 38.8 Å². The summed E-state index contributed by atoms with van der Waals surface area (Å²) in [5, 5.41) is 3.80. The number of likely N-dealkylation sites (N-methyl/N-ethyl adjacent to an activating group) is 2. The number of anilines is 2. The van der Waals surface area contributed by atoms with E-state index in [-0.39, 0.29) is 47.0 Å². The predicted octanol–water partition coefficient (Wildman–Crippen LogP) is 1.89. The zero-order valence-electron chi connectivity index (χ0n) is 30.6. The van der Waals surface area contributed by atoms with Crippen LogP contribution in [0.1, 0.15) is 51.7 Å². The normalized spacial score (nSPS) is 18.6. The number of halogens is 2. The van der Waals surface area contributed by atoms with Crippen molar-refractivity contribution in [2.24, 2.45) is 0 Å². The Morgan fingerprint density at radius 2 is 1.19 bits per heavy atom. The third-order valence-corrected chi connectivity index (χ3v) is 9.13. The molecule has 4 aliphatic heterocycles. The SMILES string of the molecule is CC(=O)OC1c2nccnc2C(=O)N1c1ccc(Cl)cn1.CN1CCN(C(=O)OC2c3nccnc3C(=O)N2c2ccc(Cl)cn2)CC1=O.CN1CCNCC1=O. The lowest BCUT2D eigenvalue weighted by Gasteiger charge is -2.32. The number of nitrogens with one attached hydrogen (secondary N) is 1. The van der Waals surface area contributed by atoms with Crippen LogP contribution in [0.2, 0.25) is 10.0 Å². The molecule has 4 aromatic heterocycles. The number of hydrogen-bond donors (Lipinski definition) is 1. The van der Waals surface area contributed by atoms with E-state index in [0.717, 1.165) is 13.1 Å². The van der Waals surface area contributed by atoms with Crippen LogP contribution in [0.25, 0.3) is 0 Å². The average Bonchev–Trinajstić information content (AvgIpc) is 3.64. The van der Waals surface area contributed by atoms with Crippen LogP contribution in [0.5, 0.6) is 0 Å². The number of pyridine rings is 2. The molecule has 0 saturated carbocycles. The molecular weight excluding hydrogens is 787 g/mol. The van der Waals surface area contributed by atoms with Crippen LogP contribution in [0.4, 0.5) is 16.4 Å². The van der Waals surface area contributed by atoms with Gasteiger partial charge in [0.25, 0.3) is 11.8 Å². The highest BCUT2D eigenvalue weighted by Gasteiger charge is 2.45. The zero-order chi connectivity index (χ0) is 40.8. The summed E-state index contributed by atoms with van der Waals surface area (Å²) in [5.41, 5.74) is 0.708. The lowest BCUT2D eigenvalue weighted by molar-refractivity contribution is -0.146. The minimum atomic E-state index is -1.15. The Balaban J connectivity index is 0.000000166. The molecule has 20 nitrogen and oxygen atoms in total. The summed E-state index contributed by atoms with van der Waals surface area (Å²) < 4.78 is 10.8. The molecule has 0 aliphatic carbocycles. The highest BCUT2D eigenvalue weighted by atomic mass is 35.5. The Bertz CT molecular complexity index is 2180. The van der Waals surface area contributed by atoms with Crippen LogP contribution >= 0.6 is 23.2 Å². The van der Waals surface area contributed by atoms with Gasteiger partial charge >= 0.3 is 12.1 Å². The van der Waals surface area contributed by atoms with E-state index in [1.165, 1.54) is 69.8 Å². The fourth-order valence-corrected chi connectivity index (χ4v) is 5.93. The van der Waals surface area contributed by atoms with Gasteiger partial charge in [0.05, 0.1) is 16.6 Å². The molecule has 8 heterocycles. The van der Waals surface area contributed by atoms with E-state index >= 15 is 0 Å². The first-order valence-corrected chi connectivity index (χ1v) is 17.9. The molecule has 2 saturated heterocycles. The number of amides is 5. The quantitative estimate of drug-likeness (QED) is 0.290. The van der Waals surface area contributed by atoms with Gasteiger partial charge in [0.1, 0.15) is 29.6 Å². The van der Waals surface area contributed by atoms with Crippen molar-refractivity contribution in [1.82, 2.24) is 49.9 Å². The molecule has 2 fully saturated rings. The molecule has 4 aromatic rings. The summed E-state index contributed by atoms with van der Waals surface area (Å²) in [6, 6.07) is 6.25. The Morgan fingerprint density at radius 3 is 1.63 bits per heavy atom. The topological polar surface area (TPSA) is 226 Å². The molecule has 5 amide bonds.